The van der Waals surface area contributed by atoms with Gasteiger partial charge < -0.3 is 19.8 Å². The molecule has 1 saturated heterocycles. The second kappa shape index (κ2) is 6.05. The second-order valence-electron chi connectivity index (χ2n) is 6.88. The summed E-state index contributed by atoms with van der Waals surface area (Å²) in [5, 5.41) is 21.1. The smallest absolute Gasteiger partial charge is 0.410 e. The zero-order valence-electron chi connectivity index (χ0n) is 13.8. The van der Waals surface area contributed by atoms with Crippen LogP contribution in [0.1, 0.15) is 38.6 Å². The molecule has 2 heterocycles. The predicted octanol–water partition coefficient (Wildman–Crippen LogP) is 1.72. The van der Waals surface area contributed by atoms with E-state index in [0.717, 1.165) is 0 Å². The van der Waals surface area contributed by atoms with Crippen LogP contribution < -0.4 is 0 Å². The van der Waals surface area contributed by atoms with Crippen LogP contribution in [0.4, 0.5) is 9.18 Å². The SMILES string of the molecule is Cc1nc([C@@]2(O)CCN(C(=O)OC(C)(C)C)C[C@@H]2O)ccc1F. The van der Waals surface area contributed by atoms with Gasteiger partial charge in [-0.1, -0.05) is 0 Å². The Labute approximate surface area is 134 Å². The number of aliphatic hydroxyl groups excluding tert-OH is 1. The van der Waals surface area contributed by atoms with E-state index in [-0.39, 0.29) is 30.9 Å². The summed E-state index contributed by atoms with van der Waals surface area (Å²) in [6.45, 7) is 6.89. The Hall–Kier alpha value is -1.73. The minimum absolute atomic E-state index is 0.0798. The van der Waals surface area contributed by atoms with Crippen LogP contribution in [0.2, 0.25) is 0 Å². The van der Waals surface area contributed by atoms with Crippen molar-refractivity contribution >= 4 is 6.09 Å². The van der Waals surface area contributed by atoms with Gasteiger partial charge in [0.2, 0.25) is 0 Å². The first-order chi connectivity index (χ1) is 10.5. The fraction of sp³-hybridized carbons (Fsp3) is 0.625. The van der Waals surface area contributed by atoms with Gasteiger partial charge >= 0.3 is 6.09 Å². The van der Waals surface area contributed by atoms with Gasteiger partial charge in [-0.05, 0) is 39.8 Å². The first kappa shape index (κ1) is 17.6. The molecule has 0 bridgehead atoms. The largest absolute Gasteiger partial charge is 0.444 e. The Kier molecular flexibility index (Phi) is 4.64. The highest BCUT2D eigenvalue weighted by molar-refractivity contribution is 5.68. The van der Waals surface area contributed by atoms with Crippen LogP contribution in [0.25, 0.3) is 0 Å². The van der Waals surface area contributed by atoms with E-state index in [4.69, 9.17) is 4.74 Å². The molecule has 2 rings (SSSR count). The number of amides is 1. The lowest BCUT2D eigenvalue weighted by molar-refractivity contribution is -0.125. The van der Waals surface area contributed by atoms with E-state index in [1.54, 1.807) is 20.8 Å². The fourth-order valence-electron chi connectivity index (χ4n) is 2.50. The van der Waals surface area contributed by atoms with Crippen molar-refractivity contribution in [3.05, 3.63) is 29.3 Å². The lowest BCUT2D eigenvalue weighted by Gasteiger charge is -2.41. The average Bonchev–Trinajstić information content (AvgIpc) is 2.43. The van der Waals surface area contributed by atoms with Gasteiger partial charge in [0.25, 0.3) is 0 Å². The summed E-state index contributed by atoms with van der Waals surface area (Å²) in [6, 6.07) is 2.57. The number of nitrogens with zero attached hydrogens (tertiary/aromatic N) is 2. The number of hydrogen-bond donors (Lipinski definition) is 2. The summed E-state index contributed by atoms with van der Waals surface area (Å²) < 4.78 is 18.6. The number of carbonyl (C=O) groups excluding carboxylic acids is 1. The predicted molar refractivity (Wildman–Crippen MR) is 81.3 cm³/mol. The van der Waals surface area contributed by atoms with Gasteiger partial charge in [0, 0.05) is 13.0 Å². The van der Waals surface area contributed by atoms with E-state index in [9.17, 15) is 19.4 Å². The maximum Gasteiger partial charge on any atom is 0.410 e. The van der Waals surface area contributed by atoms with Crippen LogP contribution >= 0.6 is 0 Å². The third-order valence-corrected chi connectivity index (χ3v) is 3.82. The number of aliphatic hydroxyl groups is 2. The molecule has 2 atom stereocenters. The van der Waals surface area contributed by atoms with Crippen molar-refractivity contribution < 1.29 is 24.1 Å². The lowest BCUT2D eigenvalue weighted by Crippen LogP contribution is -2.56. The molecule has 23 heavy (non-hydrogen) atoms. The van der Waals surface area contributed by atoms with Crippen molar-refractivity contribution in [2.75, 3.05) is 13.1 Å². The Morgan fingerprint density at radius 1 is 1.48 bits per heavy atom. The summed E-state index contributed by atoms with van der Waals surface area (Å²) in [4.78, 5) is 17.4. The summed E-state index contributed by atoms with van der Waals surface area (Å²) >= 11 is 0. The maximum atomic E-state index is 13.3. The van der Waals surface area contributed by atoms with Crippen LogP contribution in [0.15, 0.2) is 12.1 Å². The highest BCUT2D eigenvalue weighted by atomic mass is 19.1. The van der Waals surface area contributed by atoms with E-state index in [2.05, 4.69) is 4.98 Å². The highest BCUT2D eigenvalue weighted by Gasteiger charge is 2.45. The molecular weight excluding hydrogens is 303 g/mol. The third-order valence-electron chi connectivity index (χ3n) is 3.82. The molecule has 0 spiro atoms. The standard InChI is InChI=1S/C16H23FN2O4/c1-10-11(17)5-6-12(18-10)16(22)7-8-19(9-13(16)20)14(21)23-15(2,3)4/h5-6,13,20,22H,7-9H2,1-4H3/t13-,16-/m0/s1. The molecular formula is C16H23FN2O4. The Morgan fingerprint density at radius 3 is 2.65 bits per heavy atom. The van der Waals surface area contributed by atoms with Gasteiger partial charge in [-0.3, -0.25) is 4.98 Å². The Balaban J connectivity index is 2.14. The topological polar surface area (TPSA) is 82.9 Å². The molecule has 0 unspecified atom stereocenters. The summed E-state index contributed by atoms with van der Waals surface area (Å²) in [5.74, 6) is -0.474. The molecule has 128 valence electrons. The summed E-state index contributed by atoms with van der Waals surface area (Å²) in [5.41, 5.74) is -1.90. The number of piperidine rings is 1. The van der Waals surface area contributed by atoms with E-state index >= 15 is 0 Å². The number of hydrogen-bond acceptors (Lipinski definition) is 5. The molecule has 0 saturated carbocycles. The lowest BCUT2D eigenvalue weighted by atomic mass is 9.85. The van der Waals surface area contributed by atoms with Crippen LogP contribution in [-0.4, -0.2) is 51.0 Å². The molecule has 1 aliphatic heterocycles. The van der Waals surface area contributed by atoms with Crippen LogP contribution in [-0.2, 0) is 10.3 Å². The molecule has 6 nitrogen and oxygen atoms in total. The van der Waals surface area contributed by atoms with E-state index in [1.807, 2.05) is 0 Å². The first-order valence-electron chi connectivity index (χ1n) is 7.55. The van der Waals surface area contributed by atoms with Gasteiger partial charge in [-0.2, -0.15) is 0 Å². The number of β-amino-alcohol motifs (C(OH)–C–C–N with tert-alkyl or cyclic N) is 1. The minimum Gasteiger partial charge on any atom is -0.444 e. The van der Waals surface area contributed by atoms with E-state index in [1.165, 1.54) is 24.0 Å². The zero-order chi connectivity index (χ0) is 17.4. The molecule has 0 aliphatic carbocycles. The van der Waals surface area contributed by atoms with Gasteiger partial charge in [0.05, 0.1) is 17.9 Å². The maximum absolute atomic E-state index is 13.3. The number of rotatable bonds is 1. The number of carbonyl (C=O) groups is 1. The third kappa shape index (κ3) is 3.79. The Morgan fingerprint density at radius 2 is 2.13 bits per heavy atom. The fourth-order valence-corrected chi connectivity index (χ4v) is 2.50. The number of aryl methyl sites for hydroxylation is 1. The normalized spacial score (nSPS) is 25.3. The highest BCUT2D eigenvalue weighted by Crippen LogP contribution is 2.33. The van der Waals surface area contributed by atoms with Crippen LogP contribution in [0, 0.1) is 12.7 Å². The van der Waals surface area contributed by atoms with Gasteiger partial charge in [0.15, 0.2) is 0 Å². The minimum atomic E-state index is -1.61. The summed E-state index contributed by atoms with van der Waals surface area (Å²) in [7, 11) is 0. The number of likely N-dealkylation sites (tertiary alicyclic amines) is 1. The Bertz CT molecular complexity index is 602. The van der Waals surface area contributed by atoms with Crippen molar-refractivity contribution in [1.82, 2.24) is 9.88 Å². The second-order valence-corrected chi connectivity index (χ2v) is 6.88. The van der Waals surface area contributed by atoms with E-state index in [0.29, 0.717) is 0 Å². The van der Waals surface area contributed by atoms with Crippen molar-refractivity contribution in [2.45, 2.75) is 51.4 Å². The summed E-state index contributed by atoms with van der Waals surface area (Å²) in [6.07, 6.45) is -1.69. The van der Waals surface area contributed by atoms with Crippen molar-refractivity contribution in [3.8, 4) is 0 Å². The number of ether oxygens (including phenoxy) is 1. The molecule has 1 amide bonds. The monoisotopic (exact) mass is 326 g/mol. The number of aromatic nitrogens is 1. The molecule has 7 heteroatoms. The van der Waals surface area contributed by atoms with Gasteiger partial charge in [-0.15, -0.1) is 0 Å². The van der Waals surface area contributed by atoms with Crippen molar-refractivity contribution in [3.63, 3.8) is 0 Å². The van der Waals surface area contributed by atoms with Crippen LogP contribution in [0.5, 0.6) is 0 Å². The van der Waals surface area contributed by atoms with Gasteiger partial charge in [0.1, 0.15) is 23.1 Å². The molecule has 1 aliphatic rings. The molecule has 0 radical (unpaired) electrons. The molecule has 1 aromatic rings. The number of halogens is 1. The molecule has 2 N–H and O–H groups in total. The molecule has 0 aromatic carbocycles. The molecule has 1 fully saturated rings. The first-order valence-corrected chi connectivity index (χ1v) is 7.55. The molecule has 1 aromatic heterocycles. The van der Waals surface area contributed by atoms with Crippen LogP contribution in [0.3, 0.4) is 0 Å². The van der Waals surface area contributed by atoms with Crippen molar-refractivity contribution in [1.29, 1.82) is 0 Å². The number of pyridine rings is 1. The quantitative estimate of drug-likeness (QED) is 0.821. The average molecular weight is 326 g/mol. The van der Waals surface area contributed by atoms with Gasteiger partial charge in [-0.25, -0.2) is 9.18 Å². The zero-order valence-corrected chi connectivity index (χ0v) is 13.8. The van der Waals surface area contributed by atoms with Crippen molar-refractivity contribution in [2.24, 2.45) is 0 Å². The van der Waals surface area contributed by atoms with E-state index < -0.39 is 29.2 Å².